The Kier molecular flexibility index (Phi) is 26.8. The molecule has 296 valence electrons. The first-order valence-corrected chi connectivity index (χ1v) is 18.3. The van der Waals surface area contributed by atoms with E-state index in [1.54, 1.807) is 13.8 Å². The maximum absolute atomic E-state index is 13.4. The fourth-order valence-corrected chi connectivity index (χ4v) is 4.85. The number of unbranched alkanes of at least 4 members (excludes halogenated alkanes) is 2. The molecule has 53 heavy (non-hydrogen) atoms. The van der Waals surface area contributed by atoms with Crippen molar-refractivity contribution >= 4 is 35.7 Å². The van der Waals surface area contributed by atoms with Crippen LogP contribution in [0.1, 0.15) is 83.8 Å². The smallest absolute Gasteiger partial charge is 0.407 e. The van der Waals surface area contributed by atoms with Gasteiger partial charge in [-0.3, -0.25) is 24.0 Å². The normalized spacial score (nSPS) is 12.4. The molecule has 0 aromatic heterocycles. The van der Waals surface area contributed by atoms with Crippen LogP contribution in [0.5, 0.6) is 0 Å². The first-order chi connectivity index (χ1) is 25.4. The third-order valence-corrected chi connectivity index (χ3v) is 8.00. The monoisotopic (exact) mass is 742 g/mol. The summed E-state index contributed by atoms with van der Waals surface area (Å²) in [5.74, 6) is -4.74. The van der Waals surface area contributed by atoms with Crippen LogP contribution in [0.15, 0.2) is 60.7 Å². The number of ether oxygens (including phenoxy) is 2. The number of primary amides is 1. The fraction of sp³-hybridized carbons (Fsp3) is 0.538. The Morgan fingerprint density at radius 2 is 1.34 bits per heavy atom. The molecule has 5 amide bonds. The van der Waals surface area contributed by atoms with E-state index in [1.807, 2.05) is 62.4 Å². The molecule has 4 atom stereocenters. The number of hydrogen-bond donors (Lipinski definition) is 6. The largest absolute Gasteiger partial charge is 0.468 e. The molecule has 0 aliphatic rings. The summed E-state index contributed by atoms with van der Waals surface area (Å²) in [4.78, 5) is 74.6. The third-order valence-electron chi connectivity index (χ3n) is 8.00. The number of carbonyl (C=O) groups is 6. The molecule has 2 aromatic rings. The van der Waals surface area contributed by atoms with E-state index in [0.29, 0.717) is 38.6 Å². The highest BCUT2D eigenvalue weighted by Crippen LogP contribution is 2.21. The number of rotatable bonds is 21. The van der Waals surface area contributed by atoms with E-state index in [1.165, 1.54) is 12.7 Å². The molecule has 0 fully saturated rings. The zero-order chi connectivity index (χ0) is 40.0. The van der Waals surface area contributed by atoms with Gasteiger partial charge in [-0.1, -0.05) is 100 Å². The van der Waals surface area contributed by atoms with Gasteiger partial charge in [0.2, 0.25) is 23.6 Å². The van der Waals surface area contributed by atoms with E-state index in [9.17, 15) is 28.8 Å². The van der Waals surface area contributed by atoms with Gasteiger partial charge in [-0.05, 0) is 57.6 Å². The highest BCUT2D eigenvalue weighted by atomic mass is 16.5. The van der Waals surface area contributed by atoms with Gasteiger partial charge < -0.3 is 42.2 Å². The minimum Gasteiger partial charge on any atom is -0.468 e. The molecule has 2 rings (SSSR count). The van der Waals surface area contributed by atoms with Crippen LogP contribution in [0.2, 0.25) is 0 Å². The van der Waals surface area contributed by atoms with Crippen LogP contribution in [0, 0.1) is 18.8 Å². The molecule has 0 saturated carbocycles. The van der Waals surface area contributed by atoms with E-state index in [2.05, 4.69) is 45.1 Å². The molecule has 8 N–H and O–H groups in total. The second-order valence-electron chi connectivity index (χ2n) is 12.0. The minimum atomic E-state index is -0.958. The van der Waals surface area contributed by atoms with Crippen molar-refractivity contribution in [2.45, 2.75) is 98.3 Å². The molecule has 14 nitrogen and oxygen atoms in total. The minimum absolute atomic E-state index is 0.131. The lowest BCUT2D eigenvalue weighted by molar-refractivity contribution is -0.141. The zero-order valence-corrected chi connectivity index (χ0v) is 32.3. The van der Waals surface area contributed by atoms with Crippen LogP contribution in [0.3, 0.4) is 0 Å². The van der Waals surface area contributed by atoms with Crippen LogP contribution in [-0.2, 0) is 40.1 Å². The Morgan fingerprint density at radius 3 is 1.87 bits per heavy atom. The Labute approximate surface area is 314 Å². The van der Waals surface area contributed by atoms with Gasteiger partial charge in [-0.2, -0.15) is 0 Å². The van der Waals surface area contributed by atoms with Crippen LogP contribution in [0.4, 0.5) is 4.79 Å². The molecule has 0 bridgehead atoms. The third kappa shape index (κ3) is 21.9. The van der Waals surface area contributed by atoms with Crippen LogP contribution >= 0.6 is 0 Å². The van der Waals surface area contributed by atoms with Crippen molar-refractivity contribution < 1.29 is 38.2 Å². The highest BCUT2D eigenvalue weighted by molar-refractivity contribution is 5.93. The molecule has 0 heterocycles. The average Bonchev–Trinajstić information content (AvgIpc) is 3.17. The van der Waals surface area contributed by atoms with Gasteiger partial charge in [0, 0.05) is 18.4 Å². The number of carbonyl (C=O) groups excluding carboxylic acids is 6. The van der Waals surface area contributed by atoms with E-state index in [-0.39, 0.29) is 32.5 Å². The van der Waals surface area contributed by atoms with Crippen molar-refractivity contribution in [3.63, 3.8) is 0 Å². The summed E-state index contributed by atoms with van der Waals surface area (Å²) in [6.45, 7) is 9.82. The van der Waals surface area contributed by atoms with Gasteiger partial charge in [0.15, 0.2) is 0 Å². The molecule has 0 aliphatic heterocycles. The van der Waals surface area contributed by atoms with Crippen LogP contribution in [-0.4, -0.2) is 74.5 Å². The SMILES string of the molecule is CC.CCC(NC(=O)[C@@H](CCCCNC(=O)OCc1ccccc1)C(C)C(=O)NC(CCCCN)C(N)=O)C(=O)NCC(=O)OC.Cc1ccccc1. The summed E-state index contributed by atoms with van der Waals surface area (Å²) in [7, 11) is 1.19. The van der Waals surface area contributed by atoms with Crippen molar-refractivity contribution in [3.05, 3.63) is 71.8 Å². The maximum Gasteiger partial charge on any atom is 0.407 e. The lowest BCUT2D eigenvalue weighted by Crippen LogP contribution is -2.52. The summed E-state index contributed by atoms with van der Waals surface area (Å²) in [5.41, 5.74) is 13.2. The first kappa shape index (κ1) is 48.0. The summed E-state index contributed by atoms with van der Waals surface area (Å²) in [6, 6.07) is 17.6. The van der Waals surface area contributed by atoms with Crippen molar-refractivity contribution in [2.24, 2.45) is 23.3 Å². The molecule has 14 heteroatoms. The van der Waals surface area contributed by atoms with E-state index in [0.717, 1.165) is 5.56 Å². The molecular weight excluding hydrogens is 680 g/mol. The lowest BCUT2D eigenvalue weighted by atomic mass is 9.87. The van der Waals surface area contributed by atoms with Crippen LogP contribution in [0.25, 0.3) is 0 Å². The summed E-state index contributed by atoms with van der Waals surface area (Å²) < 4.78 is 9.72. The Morgan fingerprint density at radius 1 is 0.755 bits per heavy atom. The summed E-state index contributed by atoms with van der Waals surface area (Å²) in [6.07, 6.45) is 2.39. The van der Waals surface area contributed by atoms with Gasteiger partial charge >= 0.3 is 12.1 Å². The number of aryl methyl sites for hydroxylation is 1. The predicted octanol–water partition coefficient (Wildman–Crippen LogP) is 3.64. The molecule has 0 spiro atoms. The van der Waals surface area contributed by atoms with Crippen molar-refractivity contribution in [2.75, 3.05) is 26.7 Å². The van der Waals surface area contributed by atoms with Gasteiger partial charge in [-0.25, -0.2) is 4.79 Å². The molecule has 2 aromatic carbocycles. The van der Waals surface area contributed by atoms with Crippen LogP contribution < -0.4 is 32.7 Å². The number of nitrogens with two attached hydrogens (primary N) is 2. The Hall–Kier alpha value is -4.98. The fourth-order valence-electron chi connectivity index (χ4n) is 4.85. The second-order valence-corrected chi connectivity index (χ2v) is 12.0. The quantitative estimate of drug-likeness (QED) is 0.0811. The molecule has 0 aliphatic carbocycles. The van der Waals surface area contributed by atoms with Crippen molar-refractivity contribution in [1.29, 1.82) is 0 Å². The number of nitrogens with one attached hydrogen (secondary N) is 4. The second kappa shape index (κ2) is 29.6. The number of alkyl carbamates (subject to hydrolysis) is 1. The lowest BCUT2D eigenvalue weighted by Gasteiger charge is -2.26. The number of amides is 5. The molecule has 3 unspecified atom stereocenters. The summed E-state index contributed by atoms with van der Waals surface area (Å²) >= 11 is 0. The molecule has 0 radical (unpaired) electrons. The van der Waals surface area contributed by atoms with Gasteiger partial charge in [0.25, 0.3) is 0 Å². The number of hydrogen-bond acceptors (Lipinski definition) is 9. The van der Waals surface area contributed by atoms with Gasteiger partial charge in [-0.15, -0.1) is 0 Å². The van der Waals surface area contributed by atoms with E-state index >= 15 is 0 Å². The molecular formula is C39H62N6O8. The number of esters is 1. The number of benzene rings is 2. The Bertz CT molecular complexity index is 1350. The van der Waals surface area contributed by atoms with Crippen molar-refractivity contribution in [3.8, 4) is 0 Å². The van der Waals surface area contributed by atoms with Gasteiger partial charge in [0.05, 0.1) is 7.11 Å². The zero-order valence-electron chi connectivity index (χ0n) is 32.3. The molecule has 0 saturated heterocycles. The van der Waals surface area contributed by atoms with Gasteiger partial charge in [0.1, 0.15) is 25.2 Å². The van der Waals surface area contributed by atoms with E-state index < -0.39 is 59.6 Å². The highest BCUT2D eigenvalue weighted by Gasteiger charge is 2.33. The summed E-state index contributed by atoms with van der Waals surface area (Å²) in [5, 5.41) is 10.4. The predicted molar refractivity (Wildman–Crippen MR) is 205 cm³/mol. The number of methoxy groups -OCH3 is 1. The average molecular weight is 743 g/mol. The standard InChI is InChI=1S/C30H48N6O8.C7H8.C2H6/c1-4-23(29(41)34-18-25(37)43-3)35-28(40)22(20(2)27(39)36-24(26(32)38)15-8-10-16-31)14-9-11-17-33-30(42)44-19-21-12-6-5-7-13-21;1-7-5-3-2-4-6-7;1-2/h5-7,12-13,20,22-24H,4,8-11,14-19,31H2,1-3H3,(H2,32,38)(H,33,42)(H,34,41)(H,35,40)(H,36,39);2-6H,1H3;1-2H3/t20?,22-,23?,24?;;/m0../s1. The first-order valence-electron chi connectivity index (χ1n) is 18.3. The maximum atomic E-state index is 13.4. The van der Waals surface area contributed by atoms with Crippen molar-refractivity contribution in [1.82, 2.24) is 21.3 Å². The van der Waals surface area contributed by atoms with E-state index in [4.69, 9.17) is 16.2 Å². The Balaban J connectivity index is 0.00000263. The topological polar surface area (TPSA) is 221 Å².